The molecule has 1 aromatic rings. The summed E-state index contributed by atoms with van der Waals surface area (Å²) in [4.78, 5) is 34.2. The Morgan fingerprint density at radius 2 is 1.95 bits per heavy atom. The van der Waals surface area contributed by atoms with E-state index >= 15 is 0 Å². The number of likely N-dealkylation sites (tertiary alicyclic amines) is 1. The lowest BCUT2D eigenvalue weighted by Gasteiger charge is -2.15. The number of nitrogens with one attached hydrogen (secondary N) is 2. The second-order valence-corrected chi connectivity index (χ2v) is 5.77. The Balaban J connectivity index is 1.55. The van der Waals surface area contributed by atoms with Crippen LogP contribution >= 0.6 is 0 Å². The number of aryl methyl sites for hydroxylation is 2. The van der Waals surface area contributed by atoms with E-state index in [0.717, 1.165) is 24.2 Å². The summed E-state index contributed by atoms with van der Waals surface area (Å²) in [6.07, 6.45) is 2.42. The molecule has 0 bridgehead atoms. The molecule has 2 amide bonds. The Morgan fingerprint density at radius 3 is 2.57 bits per heavy atom. The normalized spacial score (nSPS) is 21.5. The minimum absolute atomic E-state index is 0.0836. The number of hydrogen-bond donors (Lipinski definition) is 2. The predicted molar refractivity (Wildman–Crippen MR) is 76.1 cm³/mol. The zero-order valence-electron chi connectivity index (χ0n) is 12.2. The van der Waals surface area contributed by atoms with Gasteiger partial charge in [0.05, 0.1) is 5.92 Å². The molecule has 2 heterocycles. The first-order valence-electron chi connectivity index (χ1n) is 7.20. The number of carbonyl (C=O) groups excluding carboxylic acids is 2. The minimum atomic E-state index is -0.295. The van der Waals surface area contributed by atoms with Crippen molar-refractivity contribution in [3.8, 4) is 0 Å². The van der Waals surface area contributed by atoms with E-state index in [9.17, 15) is 9.59 Å². The van der Waals surface area contributed by atoms with E-state index in [-0.39, 0.29) is 24.2 Å². The Morgan fingerprint density at radius 1 is 1.29 bits per heavy atom. The summed E-state index contributed by atoms with van der Waals surface area (Å²) < 4.78 is 0. The molecular formula is C14H19N5O2. The summed E-state index contributed by atoms with van der Waals surface area (Å²) in [5, 5.41) is 0. The van der Waals surface area contributed by atoms with Crippen molar-refractivity contribution in [1.82, 2.24) is 20.3 Å². The van der Waals surface area contributed by atoms with Gasteiger partial charge in [-0.2, -0.15) is 0 Å². The first-order chi connectivity index (χ1) is 10.0. The maximum absolute atomic E-state index is 12.1. The van der Waals surface area contributed by atoms with Crippen LogP contribution in [0.5, 0.6) is 0 Å². The topological polar surface area (TPSA) is 87.2 Å². The molecule has 1 aromatic heterocycles. The highest BCUT2D eigenvalue weighted by Gasteiger charge is 2.41. The van der Waals surface area contributed by atoms with Gasteiger partial charge in [-0.3, -0.25) is 20.4 Å². The second kappa shape index (κ2) is 5.31. The first-order valence-corrected chi connectivity index (χ1v) is 7.20. The van der Waals surface area contributed by atoms with Crippen LogP contribution in [0, 0.1) is 19.8 Å². The van der Waals surface area contributed by atoms with Gasteiger partial charge >= 0.3 is 0 Å². The van der Waals surface area contributed by atoms with Gasteiger partial charge in [0.25, 0.3) is 0 Å². The molecule has 0 spiro atoms. The van der Waals surface area contributed by atoms with Gasteiger partial charge in [0.1, 0.15) is 0 Å². The Bertz CT molecular complexity index is 564. The summed E-state index contributed by atoms with van der Waals surface area (Å²) in [7, 11) is 0. The van der Waals surface area contributed by atoms with E-state index in [0.29, 0.717) is 18.5 Å². The number of carbonyl (C=O) groups is 2. The van der Waals surface area contributed by atoms with Crippen molar-refractivity contribution < 1.29 is 9.59 Å². The molecule has 7 nitrogen and oxygen atoms in total. The van der Waals surface area contributed by atoms with Crippen LogP contribution < -0.4 is 10.9 Å². The average molecular weight is 289 g/mol. The van der Waals surface area contributed by atoms with Crippen LogP contribution in [0.2, 0.25) is 0 Å². The van der Waals surface area contributed by atoms with E-state index in [1.165, 1.54) is 0 Å². The quantitative estimate of drug-likeness (QED) is 0.790. The number of hydrogen-bond acceptors (Lipinski definition) is 5. The highest BCUT2D eigenvalue weighted by molar-refractivity contribution is 5.89. The fraction of sp³-hybridized carbons (Fsp3) is 0.571. The van der Waals surface area contributed by atoms with Crippen molar-refractivity contribution >= 4 is 17.8 Å². The van der Waals surface area contributed by atoms with Gasteiger partial charge in [0.15, 0.2) is 0 Å². The average Bonchev–Trinajstić information content (AvgIpc) is 3.18. The molecule has 0 aromatic carbocycles. The summed E-state index contributed by atoms with van der Waals surface area (Å²) in [6, 6.07) is 2.22. The standard InChI is InChI=1S/C14H19N5O2/c1-8-5-9(2)16-14(15-8)18-17-13(21)10-6-12(20)19(7-10)11-3-4-11/h5,10-11H,3-4,6-7H2,1-2H3,(H,17,21)(H,15,16,18)/t10-/m1/s1. The van der Waals surface area contributed by atoms with Crippen LogP contribution in [0.4, 0.5) is 5.95 Å². The second-order valence-electron chi connectivity index (χ2n) is 5.77. The molecule has 2 fully saturated rings. The number of hydrazine groups is 1. The van der Waals surface area contributed by atoms with E-state index in [1.54, 1.807) is 0 Å². The molecule has 1 atom stereocenters. The summed E-state index contributed by atoms with van der Waals surface area (Å²) >= 11 is 0. The van der Waals surface area contributed by atoms with E-state index in [1.807, 2.05) is 24.8 Å². The molecule has 1 aliphatic carbocycles. The number of amides is 2. The van der Waals surface area contributed by atoms with Crippen molar-refractivity contribution in [2.24, 2.45) is 5.92 Å². The van der Waals surface area contributed by atoms with Crippen molar-refractivity contribution in [3.63, 3.8) is 0 Å². The molecule has 2 N–H and O–H groups in total. The first kappa shape index (κ1) is 13.8. The number of aromatic nitrogens is 2. The van der Waals surface area contributed by atoms with Gasteiger partial charge in [-0.1, -0.05) is 0 Å². The number of rotatable bonds is 4. The lowest BCUT2D eigenvalue weighted by atomic mass is 10.1. The molecule has 1 aliphatic heterocycles. The third kappa shape index (κ3) is 3.12. The highest BCUT2D eigenvalue weighted by Crippen LogP contribution is 2.32. The molecule has 3 rings (SSSR count). The van der Waals surface area contributed by atoms with Gasteiger partial charge in [0.2, 0.25) is 17.8 Å². The van der Waals surface area contributed by atoms with Crippen LogP contribution in [0.3, 0.4) is 0 Å². The zero-order chi connectivity index (χ0) is 15.0. The van der Waals surface area contributed by atoms with Gasteiger partial charge in [-0.25, -0.2) is 9.97 Å². The third-order valence-electron chi connectivity index (χ3n) is 3.80. The van der Waals surface area contributed by atoms with Crippen molar-refractivity contribution in [1.29, 1.82) is 0 Å². The molecule has 0 unspecified atom stereocenters. The lowest BCUT2D eigenvalue weighted by Crippen LogP contribution is -2.37. The smallest absolute Gasteiger partial charge is 0.243 e. The fourth-order valence-corrected chi connectivity index (χ4v) is 2.65. The fourth-order valence-electron chi connectivity index (χ4n) is 2.65. The largest absolute Gasteiger partial charge is 0.339 e. The molecule has 112 valence electrons. The van der Waals surface area contributed by atoms with E-state index in [2.05, 4.69) is 20.8 Å². The number of nitrogens with zero attached hydrogens (tertiary/aromatic N) is 3. The minimum Gasteiger partial charge on any atom is -0.339 e. The summed E-state index contributed by atoms with van der Waals surface area (Å²) in [6.45, 7) is 4.25. The molecule has 0 radical (unpaired) electrons. The maximum Gasteiger partial charge on any atom is 0.243 e. The summed E-state index contributed by atoms with van der Waals surface area (Å²) in [5.74, 6) is -0.0321. The Kier molecular flexibility index (Phi) is 3.48. The third-order valence-corrected chi connectivity index (χ3v) is 3.80. The molecule has 7 heteroatoms. The molecular weight excluding hydrogens is 270 g/mol. The van der Waals surface area contributed by atoms with E-state index < -0.39 is 0 Å². The van der Waals surface area contributed by atoms with Gasteiger partial charge < -0.3 is 4.90 Å². The predicted octanol–water partition coefficient (Wildman–Crippen LogP) is 0.547. The van der Waals surface area contributed by atoms with Crippen molar-refractivity contribution in [2.45, 2.75) is 39.2 Å². The lowest BCUT2D eigenvalue weighted by molar-refractivity contribution is -0.129. The van der Waals surface area contributed by atoms with E-state index in [4.69, 9.17) is 0 Å². The Labute approximate surface area is 123 Å². The Hall–Kier alpha value is -2.18. The number of anilines is 1. The molecule has 1 saturated heterocycles. The van der Waals surface area contributed by atoms with Crippen LogP contribution in [-0.2, 0) is 9.59 Å². The van der Waals surface area contributed by atoms with Gasteiger partial charge in [0, 0.05) is 30.4 Å². The molecule has 1 saturated carbocycles. The van der Waals surface area contributed by atoms with Crippen LogP contribution in [0.1, 0.15) is 30.7 Å². The van der Waals surface area contributed by atoms with Gasteiger partial charge in [-0.05, 0) is 32.8 Å². The van der Waals surface area contributed by atoms with Crippen molar-refractivity contribution in [3.05, 3.63) is 17.5 Å². The molecule has 2 aliphatic rings. The molecule has 21 heavy (non-hydrogen) atoms. The summed E-state index contributed by atoms with van der Waals surface area (Å²) in [5.41, 5.74) is 6.99. The highest BCUT2D eigenvalue weighted by atomic mass is 16.2. The van der Waals surface area contributed by atoms with Crippen molar-refractivity contribution in [2.75, 3.05) is 12.0 Å². The maximum atomic E-state index is 12.1. The zero-order valence-corrected chi connectivity index (χ0v) is 12.2. The van der Waals surface area contributed by atoms with Gasteiger partial charge in [-0.15, -0.1) is 0 Å². The van der Waals surface area contributed by atoms with Crippen LogP contribution in [0.15, 0.2) is 6.07 Å². The van der Waals surface area contributed by atoms with Crippen LogP contribution in [-0.4, -0.2) is 39.3 Å². The van der Waals surface area contributed by atoms with Crippen LogP contribution in [0.25, 0.3) is 0 Å². The monoisotopic (exact) mass is 289 g/mol. The SMILES string of the molecule is Cc1cc(C)nc(NNC(=O)[C@@H]2CC(=O)N(C3CC3)C2)n1.